The fraction of sp³-hybridized carbons (Fsp3) is 0.636. The monoisotopic (exact) mass is 457 g/mol. The van der Waals surface area contributed by atoms with E-state index in [1.54, 1.807) is 39.5 Å². The third-order valence-electron chi connectivity index (χ3n) is 4.28. The van der Waals surface area contributed by atoms with E-state index in [1.165, 1.54) is 14.2 Å². The standard InChI is InChI=1S/C18H28N2O6.C4H11NO/c1-23-9-5-8-19-12-17(21)20-14(11-18(22)26-4)13-6-7-15(24-2)16(10-13)25-3;1-6-4-2-3-5/h6-7,10,14,19H,5,8-9,11-12H2,1-4H3,(H,20,21);2-5H2,1H3/t14-;/m0./s1. The first-order valence-electron chi connectivity index (χ1n) is 10.4. The maximum Gasteiger partial charge on any atom is 0.307 e. The molecule has 0 saturated carbocycles. The van der Waals surface area contributed by atoms with Crippen molar-refractivity contribution in [2.75, 3.05) is 68.4 Å². The molecule has 1 aromatic carbocycles. The zero-order chi connectivity index (χ0) is 24.2. The van der Waals surface area contributed by atoms with Crippen molar-refractivity contribution in [3.63, 3.8) is 0 Å². The molecule has 0 bridgehead atoms. The molecule has 0 fully saturated rings. The molecule has 10 heteroatoms. The van der Waals surface area contributed by atoms with Crippen LogP contribution >= 0.6 is 0 Å². The molecule has 0 aromatic heterocycles. The average molecular weight is 458 g/mol. The molecule has 0 aliphatic rings. The molecule has 0 saturated heterocycles. The molecular weight excluding hydrogens is 418 g/mol. The molecule has 10 nitrogen and oxygen atoms in total. The van der Waals surface area contributed by atoms with E-state index in [9.17, 15) is 9.59 Å². The fourth-order valence-electron chi connectivity index (χ4n) is 2.59. The second kappa shape index (κ2) is 19.3. The van der Waals surface area contributed by atoms with Crippen molar-refractivity contribution in [3.05, 3.63) is 23.8 Å². The van der Waals surface area contributed by atoms with Crippen molar-refractivity contribution in [1.82, 2.24) is 10.6 Å². The van der Waals surface area contributed by atoms with Crippen molar-refractivity contribution in [3.8, 4) is 11.5 Å². The zero-order valence-electron chi connectivity index (χ0n) is 19.9. The Balaban J connectivity index is 0.00000140. The maximum absolute atomic E-state index is 12.2. The smallest absolute Gasteiger partial charge is 0.307 e. The lowest BCUT2D eigenvalue weighted by Crippen LogP contribution is -2.37. The number of ether oxygens (including phenoxy) is 5. The normalized spacial score (nSPS) is 11.1. The second-order valence-corrected chi connectivity index (χ2v) is 6.67. The lowest BCUT2D eigenvalue weighted by molar-refractivity contribution is -0.141. The van der Waals surface area contributed by atoms with Gasteiger partial charge in [0.25, 0.3) is 0 Å². The number of carbonyl (C=O) groups is 2. The minimum Gasteiger partial charge on any atom is -0.493 e. The summed E-state index contributed by atoms with van der Waals surface area (Å²) in [5, 5.41) is 5.88. The van der Waals surface area contributed by atoms with Gasteiger partial charge < -0.3 is 40.1 Å². The van der Waals surface area contributed by atoms with Gasteiger partial charge in [-0.1, -0.05) is 6.07 Å². The van der Waals surface area contributed by atoms with Crippen molar-refractivity contribution in [2.45, 2.75) is 25.3 Å². The van der Waals surface area contributed by atoms with Gasteiger partial charge in [-0.15, -0.1) is 0 Å². The second-order valence-electron chi connectivity index (χ2n) is 6.67. The number of methoxy groups -OCH3 is 5. The number of carbonyl (C=O) groups excluding carboxylic acids is 2. The van der Waals surface area contributed by atoms with E-state index in [4.69, 9.17) is 29.4 Å². The summed E-state index contributed by atoms with van der Waals surface area (Å²) in [5.41, 5.74) is 5.86. The SMILES string of the molecule is COCCCN.COCCCNCC(=O)N[C@@H](CC(=O)OC)c1ccc(OC)c(OC)c1. The van der Waals surface area contributed by atoms with Crippen molar-refractivity contribution < 1.29 is 33.3 Å². The molecule has 0 unspecified atom stereocenters. The molecule has 1 aromatic rings. The Hall–Kier alpha value is -2.40. The van der Waals surface area contributed by atoms with Gasteiger partial charge in [0.05, 0.1) is 40.3 Å². The number of nitrogens with one attached hydrogen (secondary N) is 2. The summed E-state index contributed by atoms with van der Waals surface area (Å²) < 4.78 is 24.9. The predicted octanol–water partition coefficient (Wildman–Crippen LogP) is 1.03. The van der Waals surface area contributed by atoms with E-state index >= 15 is 0 Å². The van der Waals surface area contributed by atoms with Crippen molar-refractivity contribution in [1.29, 1.82) is 0 Å². The highest BCUT2D eigenvalue weighted by molar-refractivity contribution is 5.79. The number of hydrogen-bond acceptors (Lipinski definition) is 9. The first-order valence-corrected chi connectivity index (χ1v) is 10.4. The lowest BCUT2D eigenvalue weighted by atomic mass is 10.0. The predicted molar refractivity (Wildman–Crippen MR) is 122 cm³/mol. The summed E-state index contributed by atoms with van der Waals surface area (Å²) >= 11 is 0. The van der Waals surface area contributed by atoms with Gasteiger partial charge in [-0.05, 0) is 43.6 Å². The molecule has 0 aliphatic heterocycles. The number of rotatable bonds is 15. The van der Waals surface area contributed by atoms with Crippen LogP contribution in [0.1, 0.15) is 30.9 Å². The number of hydrogen-bond donors (Lipinski definition) is 3. The van der Waals surface area contributed by atoms with Crippen LogP contribution in [0.3, 0.4) is 0 Å². The zero-order valence-corrected chi connectivity index (χ0v) is 19.9. The first-order chi connectivity index (χ1) is 15.5. The number of nitrogens with two attached hydrogens (primary N) is 1. The molecule has 1 rings (SSSR count). The van der Waals surface area contributed by atoms with Gasteiger partial charge >= 0.3 is 5.97 Å². The topological polar surface area (TPSA) is 130 Å². The van der Waals surface area contributed by atoms with Crippen LogP contribution in [-0.4, -0.2) is 80.3 Å². The van der Waals surface area contributed by atoms with Gasteiger partial charge in [0.2, 0.25) is 5.91 Å². The van der Waals surface area contributed by atoms with E-state index in [0.29, 0.717) is 24.7 Å². The molecule has 1 amide bonds. The summed E-state index contributed by atoms with van der Waals surface area (Å²) in [5.74, 6) is 0.454. The molecule has 1 atom stereocenters. The van der Waals surface area contributed by atoms with Crippen LogP contribution in [0.15, 0.2) is 18.2 Å². The van der Waals surface area contributed by atoms with Gasteiger partial charge in [0.15, 0.2) is 11.5 Å². The van der Waals surface area contributed by atoms with Gasteiger partial charge in [-0.25, -0.2) is 0 Å². The van der Waals surface area contributed by atoms with E-state index in [2.05, 4.69) is 10.6 Å². The minimum atomic E-state index is -0.532. The Bertz CT molecular complexity index is 640. The Morgan fingerprint density at radius 2 is 1.62 bits per heavy atom. The summed E-state index contributed by atoms with van der Waals surface area (Å²) in [6.45, 7) is 2.96. The summed E-state index contributed by atoms with van der Waals surface area (Å²) in [7, 11) is 7.69. The van der Waals surface area contributed by atoms with Gasteiger partial charge in [0.1, 0.15) is 0 Å². The van der Waals surface area contributed by atoms with E-state index in [1.807, 2.05) is 0 Å². The Morgan fingerprint density at radius 3 is 2.16 bits per heavy atom. The van der Waals surface area contributed by atoms with E-state index in [-0.39, 0.29) is 18.9 Å². The number of amides is 1. The Morgan fingerprint density at radius 1 is 0.969 bits per heavy atom. The van der Waals surface area contributed by atoms with E-state index in [0.717, 1.165) is 31.6 Å². The fourth-order valence-corrected chi connectivity index (χ4v) is 2.59. The molecule has 32 heavy (non-hydrogen) atoms. The van der Waals surface area contributed by atoms with Crippen LogP contribution < -0.4 is 25.8 Å². The highest BCUT2D eigenvalue weighted by atomic mass is 16.5. The maximum atomic E-state index is 12.2. The highest BCUT2D eigenvalue weighted by Crippen LogP contribution is 2.31. The molecule has 0 spiro atoms. The molecule has 0 radical (unpaired) electrons. The first kappa shape index (κ1) is 29.6. The van der Waals surface area contributed by atoms with Crippen LogP contribution in [0.2, 0.25) is 0 Å². The molecule has 184 valence electrons. The van der Waals surface area contributed by atoms with Crippen LogP contribution in [0.5, 0.6) is 11.5 Å². The third-order valence-corrected chi connectivity index (χ3v) is 4.28. The van der Waals surface area contributed by atoms with Gasteiger partial charge in [0, 0.05) is 27.4 Å². The van der Waals surface area contributed by atoms with Crippen LogP contribution in [0.4, 0.5) is 0 Å². The van der Waals surface area contributed by atoms with Crippen LogP contribution in [0.25, 0.3) is 0 Å². The van der Waals surface area contributed by atoms with Gasteiger partial charge in [-0.2, -0.15) is 0 Å². The molecule has 0 heterocycles. The van der Waals surface area contributed by atoms with Crippen molar-refractivity contribution >= 4 is 11.9 Å². The minimum absolute atomic E-state index is 0.0153. The summed E-state index contributed by atoms with van der Waals surface area (Å²) in [6.07, 6.45) is 1.79. The summed E-state index contributed by atoms with van der Waals surface area (Å²) in [4.78, 5) is 23.9. The highest BCUT2D eigenvalue weighted by Gasteiger charge is 2.20. The molecular formula is C22H39N3O7. The van der Waals surface area contributed by atoms with Crippen LogP contribution in [0, 0.1) is 0 Å². The lowest BCUT2D eigenvalue weighted by Gasteiger charge is -2.20. The number of esters is 1. The average Bonchev–Trinajstić information content (AvgIpc) is 2.81. The Kier molecular flexibility index (Phi) is 17.9. The third kappa shape index (κ3) is 13.1. The number of benzene rings is 1. The largest absolute Gasteiger partial charge is 0.493 e. The Labute approximate surface area is 191 Å². The van der Waals surface area contributed by atoms with Crippen LogP contribution in [-0.2, 0) is 23.8 Å². The molecule has 4 N–H and O–H groups in total. The molecule has 0 aliphatic carbocycles. The summed E-state index contributed by atoms with van der Waals surface area (Å²) in [6, 6.07) is 4.71. The van der Waals surface area contributed by atoms with Crippen molar-refractivity contribution in [2.24, 2.45) is 5.73 Å². The van der Waals surface area contributed by atoms with Gasteiger partial charge in [-0.3, -0.25) is 9.59 Å². The quantitative estimate of drug-likeness (QED) is 0.261. The van der Waals surface area contributed by atoms with E-state index < -0.39 is 12.0 Å².